The second kappa shape index (κ2) is 10.4. The van der Waals surface area contributed by atoms with Gasteiger partial charge in [-0.3, -0.25) is 19.3 Å². The van der Waals surface area contributed by atoms with E-state index < -0.39 is 11.1 Å². The van der Waals surface area contributed by atoms with Crippen LogP contribution in [0.15, 0.2) is 53.4 Å². The highest BCUT2D eigenvalue weighted by Crippen LogP contribution is 2.34. The molecule has 172 valence electrons. The molecule has 0 N–H and O–H groups in total. The maximum atomic E-state index is 12.9. The largest absolute Gasteiger partial charge is 0.488 e. The summed E-state index contributed by atoms with van der Waals surface area (Å²) in [6.07, 6.45) is 3.52. The number of halogens is 1. The molecule has 0 unspecified atom stereocenters. The molecule has 0 atom stereocenters. The number of imide groups is 1. The number of piperidine rings is 1. The van der Waals surface area contributed by atoms with Crippen LogP contribution in [-0.2, 0) is 16.2 Å². The normalized spacial score (nSPS) is 18.3. The van der Waals surface area contributed by atoms with E-state index in [0.29, 0.717) is 35.3 Å². The van der Waals surface area contributed by atoms with Crippen molar-refractivity contribution < 1.29 is 19.1 Å². The van der Waals surface area contributed by atoms with Gasteiger partial charge in [0.1, 0.15) is 18.9 Å². The van der Waals surface area contributed by atoms with Crippen LogP contribution in [0.5, 0.6) is 5.75 Å². The summed E-state index contributed by atoms with van der Waals surface area (Å²) < 4.78 is 5.95. The quantitative estimate of drug-likeness (QED) is 0.526. The molecule has 4 rings (SSSR count). The summed E-state index contributed by atoms with van der Waals surface area (Å²) in [5, 5.41) is 0.184. The molecule has 2 fully saturated rings. The van der Waals surface area contributed by atoms with E-state index in [9.17, 15) is 14.4 Å². The molecule has 2 aromatic rings. The predicted molar refractivity (Wildman–Crippen MR) is 130 cm³/mol. The van der Waals surface area contributed by atoms with E-state index in [-0.39, 0.29) is 24.0 Å². The number of ether oxygens (including phenoxy) is 1. The number of nitrogens with zero attached hydrogens (tertiary/aromatic N) is 2. The highest BCUT2D eigenvalue weighted by atomic mass is 35.5. The number of thioether (sulfide) groups is 1. The van der Waals surface area contributed by atoms with E-state index in [1.165, 1.54) is 0 Å². The Balaban J connectivity index is 1.45. The fourth-order valence-corrected chi connectivity index (χ4v) is 4.79. The minimum absolute atomic E-state index is 0.186. The third-order valence-corrected chi connectivity index (χ3v) is 7.13. The third kappa shape index (κ3) is 5.60. The van der Waals surface area contributed by atoms with Crippen LogP contribution in [0.1, 0.15) is 30.9 Å². The van der Waals surface area contributed by atoms with Crippen molar-refractivity contribution >= 4 is 46.5 Å². The first-order valence-electron chi connectivity index (χ1n) is 10.9. The van der Waals surface area contributed by atoms with Crippen LogP contribution in [0.3, 0.4) is 0 Å². The molecular formula is C25H25ClN2O4S. The van der Waals surface area contributed by atoms with Gasteiger partial charge in [0.25, 0.3) is 11.1 Å². The summed E-state index contributed by atoms with van der Waals surface area (Å²) in [6.45, 7) is 3.56. The second-order valence-electron chi connectivity index (χ2n) is 8.25. The lowest BCUT2D eigenvalue weighted by molar-refractivity contribution is -0.136. The SMILES string of the molecule is CC1CCN(C(=O)CN2C(=O)S/C(=C/c3ccccc3OCc3ccccc3Cl)C2=O)CC1. The van der Waals surface area contributed by atoms with E-state index in [0.717, 1.165) is 35.1 Å². The fourth-order valence-electron chi connectivity index (χ4n) is 3.77. The lowest BCUT2D eigenvalue weighted by atomic mass is 9.99. The second-order valence-corrected chi connectivity index (χ2v) is 9.65. The summed E-state index contributed by atoms with van der Waals surface area (Å²) in [4.78, 5) is 41.1. The van der Waals surface area contributed by atoms with E-state index in [1.807, 2.05) is 36.4 Å². The van der Waals surface area contributed by atoms with Gasteiger partial charge in [-0.2, -0.15) is 0 Å². The Morgan fingerprint density at radius 1 is 1.12 bits per heavy atom. The highest BCUT2D eigenvalue weighted by Gasteiger charge is 2.37. The molecule has 2 heterocycles. The predicted octanol–water partition coefficient (Wildman–Crippen LogP) is 5.21. The molecule has 2 aliphatic rings. The average molecular weight is 485 g/mol. The van der Waals surface area contributed by atoms with Crippen LogP contribution in [0.25, 0.3) is 6.08 Å². The molecular weight excluding hydrogens is 460 g/mol. The summed E-state index contributed by atoms with van der Waals surface area (Å²) >= 11 is 7.05. The highest BCUT2D eigenvalue weighted by molar-refractivity contribution is 8.18. The van der Waals surface area contributed by atoms with Gasteiger partial charge in [-0.15, -0.1) is 0 Å². The van der Waals surface area contributed by atoms with E-state index in [1.54, 1.807) is 23.1 Å². The van der Waals surface area contributed by atoms with Crippen molar-refractivity contribution in [2.24, 2.45) is 5.92 Å². The number of likely N-dealkylation sites (tertiary alicyclic amines) is 1. The first-order chi connectivity index (χ1) is 15.9. The van der Waals surface area contributed by atoms with Gasteiger partial charge in [0.2, 0.25) is 5.91 Å². The van der Waals surface area contributed by atoms with Gasteiger partial charge in [-0.25, -0.2) is 0 Å². The topological polar surface area (TPSA) is 66.9 Å². The Morgan fingerprint density at radius 3 is 2.58 bits per heavy atom. The molecule has 2 aromatic carbocycles. The zero-order chi connectivity index (χ0) is 23.4. The minimum Gasteiger partial charge on any atom is -0.488 e. The Hall–Kier alpha value is -2.77. The minimum atomic E-state index is -0.454. The molecule has 0 spiro atoms. The molecule has 0 aliphatic carbocycles. The fraction of sp³-hybridized carbons (Fsp3) is 0.320. The molecule has 33 heavy (non-hydrogen) atoms. The van der Waals surface area contributed by atoms with Gasteiger partial charge in [-0.1, -0.05) is 54.9 Å². The van der Waals surface area contributed by atoms with E-state index in [2.05, 4.69) is 6.92 Å². The number of para-hydroxylation sites is 1. The first-order valence-corrected chi connectivity index (χ1v) is 12.1. The number of hydrogen-bond donors (Lipinski definition) is 0. The number of carbonyl (C=O) groups is 3. The summed E-state index contributed by atoms with van der Waals surface area (Å²) in [6, 6.07) is 14.7. The van der Waals surface area contributed by atoms with Crippen molar-refractivity contribution in [1.29, 1.82) is 0 Å². The smallest absolute Gasteiger partial charge is 0.294 e. The van der Waals surface area contributed by atoms with Crippen LogP contribution in [0.2, 0.25) is 5.02 Å². The Labute approximate surface area is 202 Å². The standard InChI is InChI=1S/C25H25ClN2O4S/c1-17-10-12-27(13-11-17)23(29)15-28-24(30)22(33-25(28)31)14-18-6-3-5-9-21(18)32-16-19-7-2-4-8-20(19)26/h2-9,14,17H,10-13,15-16H2,1H3/b22-14+. The van der Waals surface area contributed by atoms with Crippen LogP contribution in [0, 0.1) is 5.92 Å². The van der Waals surface area contributed by atoms with Crippen molar-refractivity contribution in [2.75, 3.05) is 19.6 Å². The van der Waals surface area contributed by atoms with Gasteiger partial charge >= 0.3 is 0 Å². The summed E-state index contributed by atoms with van der Waals surface area (Å²) in [7, 11) is 0. The Kier molecular flexibility index (Phi) is 7.40. The number of hydrogen-bond acceptors (Lipinski definition) is 5. The zero-order valence-electron chi connectivity index (χ0n) is 18.3. The van der Waals surface area contributed by atoms with E-state index in [4.69, 9.17) is 16.3 Å². The van der Waals surface area contributed by atoms with Gasteiger partial charge in [0.05, 0.1) is 4.91 Å². The maximum absolute atomic E-state index is 12.9. The Bertz CT molecular complexity index is 1100. The molecule has 3 amide bonds. The molecule has 0 saturated carbocycles. The van der Waals surface area contributed by atoms with Crippen LogP contribution >= 0.6 is 23.4 Å². The van der Waals surface area contributed by atoms with Crippen LogP contribution in [-0.4, -0.2) is 46.5 Å². The van der Waals surface area contributed by atoms with Crippen LogP contribution < -0.4 is 4.74 Å². The van der Waals surface area contributed by atoms with Gasteiger partial charge < -0.3 is 9.64 Å². The van der Waals surface area contributed by atoms with Gasteiger partial charge in [-0.05, 0) is 48.7 Å². The number of carbonyl (C=O) groups excluding carboxylic acids is 3. The van der Waals surface area contributed by atoms with Crippen molar-refractivity contribution in [3.05, 3.63) is 69.6 Å². The molecule has 2 aliphatic heterocycles. The summed E-state index contributed by atoms with van der Waals surface area (Å²) in [5.41, 5.74) is 1.52. The van der Waals surface area contributed by atoms with Gasteiger partial charge in [0, 0.05) is 29.2 Å². The lowest BCUT2D eigenvalue weighted by Gasteiger charge is -2.31. The van der Waals surface area contributed by atoms with Crippen molar-refractivity contribution in [2.45, 2.75) is 26.4 Å². The lowest BCUT2D eigenvalue weighted by Crippen LogP contribution is -2.45. The average Bonchev–Trinajstić information content (AvgIpc) is 3.07. The van der Waals surface area contributed by atoms with E-state index >= 15 is 0 Å². The van der Waals surface area contributed by atoms with Crippen LogP contribution in [0.4, 0.5) is 4.79 Å². The molecule has 0 aromatic heterocycles. The van der Waals surface area contributed by atoms with Gasteiger partial charge in [0.15, 0.2) is 0 Å². The molecule has 6 nitrogen and oxygen atoms in total. The number of benzene rings is 2. The first kappa shape index (κ1) is 23.4. The molecule has 8 heteroatoms. The Morgan fingerprint density at radius 2 is 1.82 bits per heavy atom. The van der Waals surface area contributed by atoms with Crippen molar-refractivity contribution in [3.8, 4) is 5.75 Å². The number of rotatable bonds is 6. The summed E-state index contributed by atoms with van der Waals surface area (Å²) in [5.74, 6) is 0.524. The monoisotopic (exact) mass is 484 g/mol. The zero-order valence-corrected chi connectivity index (χ0v) is 19.9. The van der Waals surface area contributed by atoms with Crippen molar-refractivity contribution in [3.63, 3.8) is 0 Å². The van der Waals surface area contributed by atoms with Crippen molar-refractivity contribution in [1.82, 2.24) is 9.80 Å². The number of amides is 3. The molecule has 0 bridgehead atoms. The maximum Gasteiger partial charge on any atom is 0.294 e. The molecule has 2 saturated heterocycles. The molecule has 0 radical (unpaired) electrons. The third-order valence-electron chi connectivity index (χ3n) is 5.85.